The van der Waals surface area contributed by atoms with Crippen molar-refractivity contribution < 1.29 is 8.78 Å². The Morgan fingerprint density at radius 1 is 1.27 bits per heavy atom. The van der Waals surface area contributed by atoms with Crippen LogP contribution in [0.3, 0.4) is 0 Å². The van der Waals surface area contributed by atoms with Gasteiger partial charge in [0.05, 0.1) is 0 Å². The fourth-order valence-electron chi connectivity index (χ4n) is 3.12. The van der Waals surface area contributed by atoms with E-state index in [4.69, 9.17) is 0 Å². The Morgan fingerprint density at radius 3 is 2.65 bits per heavy atom. The van der Waals surface area contributed by atoms with Crippen molar-refractivity contribution in [1.82, 2.24) is 15.5 Å². The molecule has 7 heteroatoms. The molecule has 0 radical (unpaired) electrons. The van der Waals surface area contributed by atoms with Crippen molar-refractivity contribution in [3.63, 3.8) is 0 Å². The van der Waals surface area contributed by atoms with Crippen LogP contribution in [0.1, 0.15) is 38.2 Å². The lowest BCUT2D eigenvalue weighted by molar-refractivity contribution is 0.203. The van der Waals surface area contributed by atoms with E-state index < -0.39 is 5.82 Å². The third-order valence-corrected chi connectivity index (χ3v) is 4.67. The summed E-state index contributed by atoms with van der Waals surface area (Å²) in [4.78, 5) is 6.75. The molecule has 2 rings (SSSR count). The number of hydrogen-bond donors (Lipinski definition) is 2. The third-order valence-electron chi connectivity index (χ3n) is 4.67. The van der Waals surface area contributed by atoms with E-state index in [0.717, 1.165) is 38.0 Å². The number of likely N-dealkylation sites (tertiary alicyclic amines) is 1. The van der Waals surface area contributed by atoms with Crippen LogP contribution >= 0.6 is 24.0 Å². The zero-order valence-electron chi connectivity index (χ0n) is 15.7. The van der Waals surface area contributed by atoms with Gasteiger partial charge in [0.1, 0.15) is 11.6 Å². The van der Waals surface area contributed by atoms with Crippen molar-refractivity contribution in [3.05, 3.63) is 35.4 Å². The molecule has 0 aromatic heterocycles. The molecule has 0 bridgehead atoms. The number of rotatable bonds is 7. The van der Waals surface area contributed by atoms with E-state index in [2.05, 4.69) is 27.4 Å². The fourth-order valence-corrected chi connectivity index (χ4v) is 3.12. The first-order chi connectivity index (χ1) is 12.1. The molecule has 1 saturated heterocycles. The zero-order chi connectivity index (χ0) is 18.1. The molecule has 1 heterocycles. The second-order valence-corrected chi connectivity index (χ2v) is 6.60. The van der Waals surface area contributed by atoms with Crippen molar-refractivity contribution in [2.24, 2.45) is 4.99 Å². The number of hydrogen-bond acceptors (Lipinski definition) is 2. The monoisotopic (exact) mass is 480 g/mol. The number of piperidine rings is 1. The Hall–Kier alpha value is -0.960. The molecule has 148 valence electrons. The van der Waals surface area contributed by atoms with Crippen LogP contribution in [0.25, 0.3) is 0 Å². The van der Waals surface area contributed by atoms with Crippen LogP contribution in [0.15, 0.2) is 23.2 Å². The largest absolute Gasteiger partial charge is 0.356 e. The minimum absolute atomic E-state index is 0. The summed E-state index contributed by atoms with van der Waals surface area (Å²) in [6.45, 7) is 6.15. The van der Waals surface area contributed by atoms with E-state index in [1.54, 1.807) is 7.05 Å². The van der Waals surface area contributed by atoms with E-state index in [1.807, 2.05) is 0 Å². The first-order valence-corrected chi connectivity index (χ1v) is 9.25. The molecule has 0 spiro atoms. The van der Waals surface area contributed by atoms with Gasteiger partial charge in [-0.25, -0.2) is 8.78 Å². The maximum atomic E-state index is 13.6. The van der Waals surface area contributed by atoms with Crippen LogP contribution in [0.4, 0.5) is 8.78 Å². The average Bonchev–Trinajstić information content (AvgIpc) is 2.63. The molecule has 1 fully saturated rings. The van der Waals surface area contributed by atoms with Crippen LogP contribution < -0.4 is 10.6 Å². The molecule has 0 amide bonds. The molecule has 0 saturated carbocycles. The maximum Gasteiger partial charge on any atom is 0.191 e. The van der Waals surface area contributed by atoms with Gasteiger partial charge in [-0.2, -0.15) is 0 Å². The van der Waals surface area contributed by atoms with Crippen LogP contribution in [0, 0.1) is 11.6 Å². The molecule has 1 aromatic carbocycles. The highest BCUT2D eigenvalue weighted by molar-refractivity contribution is 14.0. The number of aliphatic imine (C=N–C) groups is 1. The summed E-state index contributed by atoms with van der Waals surface area (Å²) >= 11 is 0. The van der Waals surface area contributed by atoms with Gasteiger partial charge < -0.3 is 15.5 Å². The summed E-state index contributed by atoms with van der Waals surface area (Å²) in [6, 6.07) is 3.97. The number of guanidine groups is 1. The van der Waals surface area contributed by atoms with Gasteiger partial charge in [0.2, 0.25) is 0 Å². The molecule has 26 heavy (non-hydrogen) atoms. The van der Waals surface area contributed by atoms with Gasteiger partial charge in [-0.1, -0.05) is 13.3 Å². The van der Waals surface area contributed by atoms with E-state index in [1.165, 1.54) is 31.5 Å². The SMILES string of the molecule is CCCCN1CCC(NC(=NC)NCCc2cc(F)ccc2F)CC1.I. The molecule has 0 aliphatic carbocycles. The van der Waals surface area contributed by atoms with Crippen molar-refractivity contribution in [3.8, 4) is 0 Å². The Bertz CT molecular complexity index is 560. The molecule has 1 aliphatic rings. The van der Waals surface area contributed by atoms with Crippen molar-refractivity contribution >= 4 is 29.9 Å². The Morgan fingerprint density at radius 2 is 2.00 bits per heavy atom. The summed E-state index contributed by atoms with van der Waals surface area (Å²) in [5.41, 5.74) is 0.382. The van der Waals surface area contributed by atoms with Gasteiger partial charge in [0.15, 0.2) is 5.96 Å². The Labute approximate surface area is 172 Å². The fraction of sp³-hybridized carbons (Fsp3) is 0.632. The van der Waals surface area contributed by atoms with Gasteiger partial charge in [-0.3, -0.25) is 4.99 Å². The number of halogens is 3. The quantitative estimate of drug-likeness (QED) is 0.356. The second kappa shape index (κ2) is 12.4. The topological polar surface area (TPSA) is 39.7 Å². The highest BCUT2D eigenvalue weighted by Crippen LogP contribution is 2.11. The Balaban J connectivity index is 0.00000338. The summed E-state index contributed by atoms with van der Waals surface area (Å²) in [5.74, 6) is -0.0526. The predicted molar refractivity (Wildman–Crippen MR) is 114 cm³/mol. The lowest BCUT2D eigenvalue weighted by Crippen LogP contribution is -2.49. The van der Waals surface area contributed by atoms with Crippen molar-refractivity contribution in [2.45, 2.75) is 45.1 Å². The third kappa shape index (κ3) is 7.73. The summed E-state index contributed by atoms with van der Waals surface area (Å²) in [5, 5.41) is 6.63. The van der Waals surface area contributed by atoms with E-state index >= 15 is 0 Å². The molecule has 2 N–H and O–H groups in total. The number of unbranched alkanes of at least 4 members (excludes halogenated alkanes) is 1. The van der Waals surface area contributed by atoms with Gasteiger partial charge in [0, 0.05) is 32.7 Å². The molecule has 1 aliphatic heterocycles. The minimum atomic E-state index is -0.409. The molecular formula is C19H31F2IN4. The predicted octanol–water partition coefficient (Wildman–Crippen LogP) is 3.55. The lowest BCUT2D eigenvalue weighted by atomic mass is 10.0. The molecule has 0 unspecified atom stereocenters. The normalized spacial score (nSPS) is 16.2. The number of benzene rings is 1. The zero-order valence-corrected chi connectivity index (χ0v) is 18.1. The molecule has 1 aromatic rings. The standard InChI is InChI=1S/C19H30F2N4.HI/c1-3-4-11-25-12-8-17(9-13-25)24-19(22-2)23-10-7-15-14-16(20)5-6-18(15)21;/h5-6,14,17H,3-4,7-13H2,1-2H3,(H2,22,23,24);1H. The van der Waals surface area contributed by atoms with E-state index in [-0.39, 0.29) is 29.8 Å². The highest BCUT2D eigenvalue weighted by Gasteiger charge is 2.19. The van der Waals surface area contributed by atoms with E-state index in [9.17, 15) is 8.78 Å². The van der Waals surface area contributed by atoms with Crippen molar-refractivity contribution in [1.29, 1.82) is 0 Å². The minimum Gasteiger partial charge on any atom is -0.356 e. The highest BCUT2D eigenvalue weighted by atomic mass is 127. The van der Waals surface area contributed by atoms with Crippen LogP contribution in [-0.4, -0.2) is 50.1 Å². The lowest BCUT2D eigenvalue weighted by Gasteiger charge is -2.33. The smallest absolute Gasteiger partial charge is 0.191 e. The van der Waals surface area contributed by atoms with Gasteiger partial charge >= 0.3 is 0 Å². The average molecular weight is 480 g/mol. The first-order valence-electron chi connectivity index (χ1n) is 9.25. The van der Waals surface area contributed by atoms with Gasteiger partial charge in [-0.15, -0.1) is 24.0 Å². The second-order valence-electron chi connectivity index (χ2n) is 6.60. The molecule has 0 atom stereocenters. The van der Waals surface area contributed by atoms with Crippen LogP contribution in [0.2, 0.25) is 0 Å². The molecule has 4 nitrogen and oxygen atoms in total. The maximum absolute atomic E-state index is 13.6. The van der Waals surface area contributed by atoms with Gasteiger partial charge in [-0.05, 0) is 56.0 Å². The first kappa shape index (κ1) is 23.1. The number of nitrogens with one attached hydrogen (secondary N) is 2. The summed E-state index contributed by atoms with van der Waals surface area (Å²) < 4.78 is 26.8. The van der Waals surface area contributed by atoms with Crippen LogP contribution in [0.5, 0.6) is 0 Å². The summed E-state index contributed by atoms with van der Waals surface area (Å²) in [6.07, 6.45) is 5.12. The van der Waals surface area contributed by atoms with Crippen molar-refractivity contribution in [2.75, 3.05) is 33.2 Å². The Kier molecular flexibility index (Phi) is 11.0. The summed E-state index contributed by atoms with van der Waals surface area (Å²) in [7, 11) is 1.73. The molecular weight excluding hydrogens is 449 g/mol. The van der Waals surface area contributed by atoms with Gasteiger partial charge in [0.25, 0.3) is 0 Å². The number of nitrogens with zero attached hydrogens (tertiary/aromatic N) is 2. The van der Waals surface area contributed by atoms with Crippen LogP contribution in [-0.2, 0) is 6.42 Å². The van der Waals surface area contributed by atoms with E-state index in [0.29, 0.717) is 24.6 Å².